The van der Waals surface area contributed by atoms with Gasteiger partial charge in [0.1, 0.15) is 0 Å². The number of hydrogen-bond acceptors (Lipinski definition) is 3. The van der Waals surface area contributed by atoms with Crippen molar-refractivity contribution >= 4 is 46.4 Å². The average Bonchev–Trinajstić information content (AvgIpc) is 3.10. The van der Waals surface area contributed by atoms with Crippen molar-refractivity contribution in [3.63, 3.8) is 0 Å². The van der Waals surface area contributed by atoms with Crippen LogP contribution in [0.2, 0.25) is 10.0 Å². The SMILES string of the molecule is CN(CCC(=O)Nc1ccc(N2CCCC2=O)cc1)Cc1ccc(Cl)c(Cl)c1. The molecule has 1 saturated heterocycles. The van der Waals surface area contributed by atoms with Gasteiger partial charge in [-0.3, -0.25) is 9.59 Å². The predicted molar refractivity (Wildman–Crippen MR) is 114 cm³/mol. The zero-order valence-corrected chi connectivity index (χ0v) is 17.3. The summed E-state index contributed by atoms with van der Waals surface area (Å²) < 4.78 is 0. The summed E-state index contributed by atoms with van der Waals surface area (Å²) in [5.41, 5.74) is 2.65. The molecule has 0 atom stereocenters. The molecule has 7 heteroatoms. The van der Waals surface area contributed by atoms with Gasteiger partial charge in [0.15, 0.2) is 0 Å². The van der Waals surface area contributed by atoms with Gasteiger partial charge in [-0.05, 0) is 55.4 Å². The van der Waals surface area contributed by atoms with Crippen molar-refractivity contribution < 1.29 is 9.59 Å². The number of hydrogen-bond donors (Lipinski definition) is 1. The summed E-state index contributed by atoms with van der Waals surface area (Å²) >= 11 is 12.0. The quantitative estimate of drug-likeness (QED) is 0.714. The summed E-state index contributed by atoms with van der Waals surface area (Å²) in [5.74, 6) is 0.104. The first kappa shape index (κ1) is 20.6. The van der Waals surface area contributed by atoms with Crippen LogP contribution in [0.3, 0.4) is 0 Å². The van der Waals surface area contributed by atoms with E-state index >= 15 is 0 Å². The Balaban J connectivity index is 1.45. The second-order valence-electron chi connectivity index (χ2n) is 6.98. The molecule has 1 aliphatic heterocycles. The Hall–Kier alpha value is -2.08. The lowest BCUT2D eigenvalue weighted by molar-refractivity contribution is -0.117. The largest absolute Gasteiger partial charge is 0.326 e. The minimum atomic E-state index is -0.0500. The molecule has 5 nitrogen and oxygen atoms in total. The lowest BCUT2D eigenvalue weighted by Gasteiger charge is -2.17. The lowest BCUT2D eigenvalue weighted by atomic mass is 10.2. The molecule has 2 aromatic carbocycles. The molecule has 3 rings (SSSR count). The predicted octanol–water partition coefficient (Wildman–Crippen LogP) is 4.58. The van der Waals surface area contributed by atoms with Crippen LogP contribution in [0.5, 0.6) is 0 Å². The van der Waals surface area contributed by atoms with Crippen LogP contribution in [0.25, 0.3) is 0 Å². The van der Waals surface area contributed by atoms with Crippen LogP contribution >= 0.6 is 23.2 Å². The van der Waals surface area contributed by atoms with Crippen LogP contribution < -0.4 is 10.2 Å². The van der Waals surface area contributed by atoms with Gasteiger partial charge < -0.3 is 15.1 Å². The molecule has 1 N–H and O–H groups in total. The Kier molecular flexibility index (Phi) is 6.94. The van der Waals surface area contributed by atoms with E-state index in [-0.39, 0.29) is 11.8 Å². The number of carbonyl (C=O) groups excluding carboxylic acids is 2. The molecule has 0 aromatic heterocycles. The first-order valence-electron chi connectivity index (χ1n) is 9.25. The highest BCUT2D eigenvalue weighted by atomic mass is 35.5. The fraction of sp³-hybridized carbons (Fsp3) is 0.333. The molecule has 0 bridgehead atoms. The molecular weight excluding hydrogens is 397 g/mol. The van der Waals surface area contributed by atoms with E-state index in [2.05, 4.69) is 10.2 Å². The molecule has 0 unspecified atom stereocenters. The molecule has 1 aliphatic rings. The molecule has 0 radical (unpaired) electrons. The maximum atomic E-state index is 12.2. The van der Waals surface area contributed by atoms with Crippen molar-refractivity contribution in [3.05, 3.63) is 58.1 Å². The smallest absolute Gasteiger partial charge is 0.227 e. The van der Waals surface area contributed by atoms with Gasteiger partial charge in [-0.15, -0.1) is 0 Å². The van der Waals surface area contributed by atoms with Gasteiger partial charge in [0.2, 0.25) is 11.8 Å². The Bertz CT molecular complexity index is 855. The summed E-state index contributed by atoms with van der Waals surface area (Å²) in [4.78, 5) is 27.8. The van der Waals surface area contributed by atoms with E-state index in [0.29, 0.717) is 36.0 Å². The van der Waals surface area contributed by atoms with Crippen molar-refractivity contribution in [1.29, 1.82) is 0 Å². The minimum Gasteiger partial charge on any atom is -0.326 e. The first-order valence-corrected chi connectivity index (χ1v) is 10.0. The van der Waals surface area contributed by atoms with Crippen LogP contribution in [-0.2, 0) is 16.1 Å². The maximum Gasteiger partial charge on any atom is 0.227 e. The van der Waals surface area contributed by atoms with Gasteiger partial charge >= 0.3 is 0 Å². The van der Waals surface area contributed by atoms with Crippen molar-refractivity contribution in [2.45, 2.75) is 25.8 Å². The maximum absolute atomic E-state index is 12.2. The van der Waals surface area contributed by atoms with E-state index in [1.165, 1.54) is 0 Å². The van der Waals surface area contributed by atoms with Crippen molar-refractivity contribution in [3.8, 4) is 0 Å². The van der Waals surface area contributed by atoms with Crippen LogP contribution in [0, 0.1) is 0 Å². The normalized spacial score (nSPS) is 14.0. The second kappa shape index (κ2) is 9.41. The van der Waals surface area contributed by atoms with E-state index < -0.39 is 0 Å². The molecule has 1 heterocycles. The van der Waals surface area contributed by atoms with E-state index in [1.807, 2.05) is 43.4 Å². The van der Waals surface area contributed by atoms with Crippen molar-refractivity contribution in [2.24, 2.45) is 0 Å². The zero-order valence-electron chi connectivity index (χ0n) is 15.8. The molecule has 2 aromatic rings. The standard InChI is InChI=1S/C21H23Cl2N3O2/c1-25(14-15-4-9-18(22)19(23)13-15)12-10-20(27)24-16-5-7-17(8-6-16)26-11-2-3-21(26)28/h4-9,13H,2-3,10-12,14H2,1H3,(H,24,27). The topological polar surface area (TPSA) is 52.7 Å². The third-order valence-corrected chi connectivity index (χ3v) is 5.43. The fourth-order valence-electron chi connectivity index (χ4n) is 3.19. The zero-order chi connectivity index (χ0) is 20.1. The Morgan fingerprint density at radius 3 is 2.54 bits per heavy atom. The Morgan fingerprint density at radius 2 is 1.89 bits per heavy atom. The van der Waals surface area contributed by atoms with Crippen LogP contribution in [-0.4, -0.2) is 36.9 Å². The van der Waals surface area contributed by atoms with Crippen LogP contribution in [0.1, 0.15) is 24.8 Å². The highest BCUT2D eigenvalue weighted by molar-refractivity contribution is 6.42. The molecule has 0 saturated carbocycles. The van der Waals surface area contributed by atoms with Gasteiger partial charge in [0.05, 0.1) is 10.0 Å². The van der Waals surface area contributed by atoms with Crippen molar-refractivity contribution in [2.75, 3.05) is 30.4 Å². The van der Waals surface area contributed by atoms with Gasteiger partial charge in [-0.2, -0.15) is 0 Å². The number of benzene rings is 2. The van der Waals surface area contributed by atoms with Gasteiger partial charge in [0, 0.05) is 43.9 Å². The third-order valence-electron chi connectivity index (χ3n) is 4.69. The molecular formula is C21H23Cl2N3O2. The summed E-state index contributed by atoms with van der Waals surface area (Å²) in [6.07, 6.45) is 1.88. The number of nitrogens with zero attached hydrogens (tertiary/aromatic N) is 2. The molecule has 28 heavy (non-hydrogen) atoms. The van der Waals surface area contributed by atoms with E-state index in [1.54, 1.807) is 11.0 Å². The second-order valence-corrected chi connectivity index (χ2v) is 7.79. The molecule has 1 fully saturated rings. The van der Waals surface area contributed by atoms with E-state index in [9.17, 15) is 9.59 Å². The number of amides is 2. The fourth-order valence-corrected chi connectivity index (χ4v) is 3.51. The number of carbonyl (C=O) groups is 2. The highest BCUT2D eigenvalue weighted by Gasteiger charge is 2.21. The minimum absolute atomic E-state index is 0.0500. The van der Waals surface area contributed by atoms with Crippen molar-refractivity contribution in [1.82, 2.24) is 4.90 Å². The van der Waals surface area contributed by atoms with Gasteiger partial charge in [0.25, 0.3) is 0 Å². The molecule has 0 spiro atoms. The first-order chi connectivity index (χ1) is 13.4. The summed E-state index contributed by atoms with van der Waals surface area (Å²) in [7, 11) is 1.96. The number of halogens is 2. The molecule has 0 aliphatic carbocycles. The van der Waals surface area contributed by atoms with Crippen LogP contribution in [0.4, 0.5) is 11.4 Å². The van der Waals surface area contributed by atoms with Crippen LogP contribution in [0.15, 0.2) is 42.5 Å². The molecule has 2 amide bonds. The Morgan fingerprint density at radius 1 is 1.14 bits per heavy atom. The van der Waals surface area contributed by atoms with E-state index in [0.717, 1.165) is 29.9 Å². The summed E-state index contributed by atoms with van der Waals surface area (Å²) in [6, 6.07) is 12.9. The monoisotopic (exact) mass is 419 g/mol. The Labute approximate surface area is 175 Å². The number of anilines is 2. The summed E-state index contributed by atoms with van der Waals surface area (Å²) in [5, 5.41) is 3.97. The van der Waals surface area contributed by atoms with Gasteiger partial charge in [-0.1, -0.05) is 29.3 Å². The summed E-state index contributed by atoms with van der Waals surface area (Å²) in [6.45, 7) is 2.06. The average molecular weight is 420 g/mol. The number of nitrogens with one attached hydrogen (secondary N) is 1. The lowest BCUT2D eigenvalue weighted by Crippen LogP contribution is -2.24. The number of rotatable bonds is 7. The molecule has 148 valence electrons. The third kappa shape index (κ3) is 5.47. The van der Waals surface area contributed by atoms with E-state index in [4.69, 9.17) is 23.2 Å². The van der Waals surface area contributed by atoms with Gasteiger partial charge in [-0.25, -0.2) is 0 Å². The highest BCUT2D eigenvalue weighted by Crippen LogP contribution is 2.24.